The third kappa shape index (κ3) is 2.43. The molecule has 1 aliphatic heterocycles. The van der Waals surface area contributed by atoms with Crippen LogP contribution in [0.5, 0.6) is 5.75 Å². The maximum absolute atomic E-state index is 13.5. The fourth-order valence-corrected chi connectivity index (χ4v) is 4.78. The molecule has 1 atom stereocenters. The molecule has 3 aromatic rings. The molecule has 3 nitrogen and oxygen atoms in total. The van der Waals surface area contributed by atoms with Gasteiger partial charge in [-0.15, -0.1) is 0 Å². The molecule has 0 saturated heterocycles. The summed E-state index contributed by atoms with van der Waals surface area (Å²) in [5.41, 5.74) is 3.87. The molecule has 4 heteroatoms. The fraction of sp³-hybridized carbons (Fsp3) is 0.0526. The van der Waals surface area contributed by atoms with Gasteiger partial charge in [-0.2, -0.15) is 0 Å². The number of para-hydroxylation sites is 1. The summed E-state index contributed by atoms with van der Waals surface area (Å²) in [6.45, 7) is 2.02. The summed E-state index contributed by atoms with van der Waals surface area (Å²) in [6, 6.07) is 23.2. The zero-order valence-electron chi connectivity index (χ0n) is 12.7. The molecular formula is C19H16NO2P. The van der Waals surface area contributed by atoms with Crippen molar-refractivity contribution in [2.75, 3.05) is 5.09 Å². The van der Waals surface area contributed by atoms with Crippen molar-refractivity contribution in [1.82, 2.24) is 0 Å². The Morgan fingerprint density at radius 1 is 0.826 bits per heavy atom. The van der Waals surface area contributed by atoms with Gasteiger partial charge in [-0.25, -0.2) is 4.57 Å². The highest BCUT2D eigenvalue weighted by molar-refractivity contribution is 7.69. The molecule has 0 spiro atoms. The summed E-state index contributed by atoms with van der Waals surface area (Å²) < 4.78 is 19.5. The zero-order chi connectivity index (χ0) is 15.9. The molecule has 1 unspecified atom stereocenters. The van der Waals surface area contributed by atoms with Gasteiger partial charge in [0, 0.05) is 16.8 Å². The smallest absolute Gasteiger partial charge is 0.372 e. The first-order chi connectivity index (χ1) is 11.2. The Labute approximate surface area is 135 Å². The molecule has 1 heterocycles. The summed E-state index contributed by atoms with van der Waals surface area (Å²) >= 11 is 0. The lowest BCUT2D eigenvalue weighted by Gasteiger charge is -2.29. The van der Waals surface area contributed by atoms with Crippen molar-refractivity contribution in [2.45, 2.75) is 6.92 Å². The first kappa shape index (κ1) is 14.1. The topological polar surface area (TPSA) is 38.3 Å². The van der Waals surface area contributed by atoms with Gasteiger partial charge in [-0.3, -0.25) is 0 Å². The second kappa shape index (κ2) is 5.29. The molecule has 0 saturated carbocycles. The number of hydrogen-bond acceptors (Lipinski definition) is 2. The van der Waals surface area contributed by atoms with E-state index in [4.69, 9.17) is 4.52 Å². The maximum atomic E-state index is 13.5. The van der Waals surface area contributed by atoms with E-state index in [1.54, 1.807) is 0 Å². The summed E-state index contributed by atoms with van der Waals surface area (Å²) in [5, 5.41) is 3.82. The number of aryl methyl sites for hydroxylation is 1. The highest BCUT2D eigenvalue weighted by atomic mass is 31.2. The van der Waals surface area contributed by atoms with E-state index < -0.39 is 7.52 Å². The molecule has 0 amide bonds. The molecule has 1 aliphatic rings. The number of anilines is 1. The van der Waals surface area contributed by atoms with Crippen LogP contribution in [0.2, 0.25) is 0 Å². The third-order valence-corrected chi connectivity index (χ3v) is 5.98. The summed E-state index contributed by atoms with van der Waals surface area (Å²) in [4.78, 5) is 0. The third-order valence-electron chi connectivity index (χ3n) is 3.95. The molecule has 23 heavy (non-hydrogen) atoms. The van der Waals surface area contributed by atoms with E-state index in [2.05, 4.69) is 5.09 Å². The van der Waals surface area contributed by atoms with Crippen molar-refractivity contribution >= 4 is 18.5 Å². The standard InChI is InChI=1S/C19H16NO2P/c1-14-10-12-15(13-11-14)20-23(21)19-9-5-3-7-17(19)16-6-2-4-8-18(16)22-23/h2-13H,1H3,(H,20,21). The Kier molecular flexibility index (Phi) is 3.24. The van der Waals surface area contributed by atoms with Gasteiger partial charge < -0.3 is 9.61 Å². The van der Waals surface area contributed by atoms with E-state index in [9.17, 15) is 4.57 Å². The molecule has 0 radical (unpaired) electrons. The number of rotatable bonds is 2. The molecule has 0 bridgehead atoms. The van der Waals surface area contributed by atoms with Crippen LogP contribution in [0, 0.1) is 6.92 Å². The van der Waals surface area contributed by atoms with Gasteiger partial charge in [-0.05, 0) is 31.2 Å². The average molecular weight is 321 g/mol. The largest absolute Gasteiger partial charge is 0.425 e. The van der Waals surface area contributed by atoms with Crippen LogP contribution in [-0.4, -0.2) is 0 Å². The van der Waals surface area contributed by atoms with Gasteiger partial charge in [0.15, 0.2) is 0 Å². The maximum Gasteiger partial charge on any atom is 0.372 e. The molecule has 1 N–H and O–H groups in total. The Morgan fingerprint density at radius 3 is 2.26 bits per heavy atom. The van der Waals surface area contributed by atoms with Gasteiger partial charge >= 0.3 is 7.52 Å². The van der Waals surface area contributed by atoms with E-state index >= 15 is 0 Å². The lowest BCUT2D eigenvalue weighted by molar-refractivity contribution is 0.497. The first-order valence-corrected chi connectivity index (χ1v) is 9.12. The van der Waals surface area contributed by atoms with Crippen molar-refractivity contribution in [2.24, 2.45) is 0 Å². The van der Waals surface area contributed by atoms with Gasteiger partial charge in [0.2, 0.25) is 0 Å². The number of hydrogen-bond donors (Lipinski definition) is 1. The van der Waals surface area contributed by atoms with Crippen LogP contribution in [0.4, 0.5) is 5.69 Å². The fourth-order valence-electron chi connectivity index (χ4n) is 2.80. The molecule has 0 aliphatic carbocycles. The van der Waals surface area contributed by atoms with E-state index in [1.807, 2.05) is 79.7 Å². The molecule has 0 fully saturated rings. The zero-order valence-corrected chi connectivity index (χ0v) is 13.6. The van der Waals surface area contributed by atoms with Crippen LogP contribution in [0.1, 0.15) is 5.56 Å². The number of nitrogens with one attached hydrogen (secondary N) is 1. The Hall–Kier alpha value is -2.51. The normalized spacial score (nSPS) is 18.5. The number of fused-ring (bicyclic) bond motifs is 3. The molecule has 114 valence electrons. The Bertz CT molecular complexity index is 919. The van der Waals surface area contributed by atoms with Crippen LogP contribution in [0.3, 0.4) is 0 Å². The summed E-state index contributed by atoms with van der Waals surface area (Å²) in [7, 11) is -3.22. The van der Waals surface area contributed by atoms with Gasteiger partial charge in [-0.1, -0.05) is 54.1 Å². The average Bonchev–Trinajstić information content (AvgIpc) is 2.57. The van der Waals surface area contributed by atoms with E-state index in [1.165, 1.54) is 0 Å². The quantitative estimate of drug-likeness (QED) is 0.676. The predicted molar refractivity (Wildman–Crippen MR) is 94.5 cm³/mol. The van der Waals surface area contributed by atoms with E-state index in [0.29, 0.717) is 11.1 Å². The minimum absolute atomic E-state index is 0.647. The second-order valence-corrected chi connectivity index (χ2v) is 7.62. The van der Waals surface area contributed by atoms with Crippen LogP contribution in [0.15, 0.2) is 72.8 Å². The van der Waals surface area contributed by atoms with Crippen LogP contribution < -0.4 is 14.9 Å². The summed E-state index contributed by atoms with van der Waals surface area (Å²) in [6.07, 6.45) is 0. The molecule has 0 aromatic heterocycles. The molecular weight excluding hydrogens is 305 g/mol. The lowest BCUT2D eigenvalue weighted by Crippen LogP contribution is -2.22. The van der Waals surface area contributed by atoms with E-state index in [0.717, 1.165) is 22.4 Å². The van der Waals surface area contributed by atoms with Crippen LogP contribution >= 0.6 is 7.52 Å². The van der Waals surface area contributed by atoms with Crippen LogP contribution in [0.25, 0.3) is 11.1 Å². The van der Waals surface area contributed by atoms with Gasteiger partial charge in [0.05, 0.1) is 5.30 Å². The minimum Gasteiger partial charge on any atom is -0.425 e. The lowest BCUT2D eigenvalue weighted by atomic mass is 10.0. The predicted octanol–water partition coefficient (Wildman–Crippen LogP) is 4.98. The minimum atomic E-state index is -3.22. The first-order valence-electron chi connectivity index (χ1n) is 7.49. The summed E-state index contributed by atoms with van der Waals surface area (Å²) in [5.74, 6) is 0.647. The highest BCUT2D eigenvalue weighted by Crippen LogP contribution is 2.54. The van der Waals surface area contributed by atoms with Crippen molar-refractivity contribution in [3.05, 3.63) is 78.4 Å². The Morgan fingerprint density at radius 2 is 1.48 bits per heavy atom. The van der Waals surface area contributed by atoms with E-state index in [-0.39, 0.29) is 0 Å². The highest BCUT2D eigenvalue weighted by Gasteiger charge is 2.36. The second-order valence-electron chi connectivity index (χ2n) is 5.63. The Balaban J connectivity index is 1.83. The van der Waals surface area contributed by atoms with Crippen LogP contribution in [-0.2, 0) is 4.57 Å². The number of benzene rings is 3. The van der Waals surface area contributed by atoms with Crippen molar-refractivity contribution < 1.29 is 9.09 Å². The molecule has 3 aromatic carbocycles. The SMILES string of the molecule is Cc1ccc(NP2(=O)Oc3ccccc3-c3ccccc32)cc1. The van der Waals surface area contributed by atoms with Gasteiger partial charge in [0.25, 0.3) is 0 Å². The molecule has 4 rings (SSSR count). The monoisotopic (exact) mass is 321 g/mol. The van der Waals surface area contributed by atoms with Crippen molar-refractivity contribution in [1.29, 1.82) is 0 Å². The van der Waals surface area contributed by atoms with Crippen molar-refractivity contribution in [3.8, 4) is 16.9 Å². The van der Waals surface area contributed by atoms with Gasteiger partial charge in [0.1, 0.15) is 5.75 Å². The van der Waals surface area contributed by atoms with Crippen molar-refractivity contribution in [3.63, 3.8) is 0 Å².